The van der Waals surface area contributed by atoms with Crippen LogP contribution in [-0.4, -0.2) is 28.7 Å². The summed E-state index contributed by atoms with van der Waals surface area (Å²) >= 11 is 3.32. The van der Waals surface area contributed by atoms with Crippen LogP contribution in [0.4, 0.5) is 0 Å². The Hall–Kier alpha value is -1.69. The molecule has 0 bridgehead atoms. The Balaban J connectivity index is 2.35. The van der Waals surface area contributed by atoms with Gasteiger partial charge in [-0.05, 0) is 64.6 Å². The molecule has 1 aromatic carbocycles. The monoisotopic (exact) mass is 436 g/mol. The van der Waals surface area contributed by atoms with E-state index in [4.69, 9.17) is 4.74 Å². The molecule has 0 aliphatic heterocycles. The van der Waals surface area contributed by atoms with Crippen molar-refractivity contribution in [3.05, 3.63) is 27.2 Å². The molecule has 0 saturated heterocycles. The summed E-state index contributed by atoms with van der Waals surface area (Å²) in [7, 11) is 0. The molecule has 2 aliphatic carbocycles. The van der Waals surface area contributed by atoms with Gasteiger partial charge in [-0.15, -0.1) is 0 Å². The lowest BCUT2D eigenvalue weighted by atomic mass is 9.67. The first-order chi connectivity index (χ1) is 12.5. The SMILES string of the molecule is CC(=O)OC1C(=O)C(=O)c2c(cc(C)c(Br)c2O)C2C(C(C)C)CCC12C. The maximum absolute atomic E-state index is 13.1. The van der Waals surface area contributed by atoms with Crippen molar-refractivity contribution in [1.82, 2.24) is 0 Å². The van der Waals surface area contributed by atoms with Gasteiger partial charge in [-0.1, -0.05) is 26.8 Å². The van der Waals surface area contributed by atoms with Crippen molar-refractivity contribution in [1.29, 1.82) is 0 Å². The number of aryl methyl sites for hydroxylation is 1. The minimum atomic E-state index is -1.14. The third-order valence-electron chi connectivity index (χ3n) is 6.37. The van der Waals surface area contributed by atoms with E-state index >= 15 is 0 Å². The van der Waals surface area contributed by atoms with Gasteiger partial charge in [-0.25, -0.2) is 0 Å². The second-order valence-electron chi connectivity index (χ2n) is 8.43. The molecule has 0 amide bonds. The molecule has 0 aromatic heterocycles. The molecule has 0 radical (unpaired) electrons. The summed E-state index contributed by atoms with van der Waals surface area (Å²) in [6.07, 6.45) is 0.405. The van der Waals surface area contributed by atoms with Crippen LogP contribution in [0.25, 0.3) is 0 Å². The van der Waals surface area contributed by atoms with E-state index in [2.05, 4.69) is 29.8 Å². The molecule has 4 unspecified atom stereocenters. The molecule has 1 N–H and O–H groups in total. The van der Waals surface area contributed by atoms with Crippen molar-refractivity contribution in [2.45, 2.75) is 59.5 Å². The van der Waals surface area contributed by atoms with Crippen LogP contribution in [0.15, 0.2) is 10.5 Å². The number of fused-ring (bicyclic) bond motifs is 3. The number of benzene rings is 1. The first kappa shape index (κ1) is 20.1. The number of carbonyl (C=O) groups excluding carboxylic acids is 3. The number of Topliss-reactive ketones (excluding diaryl/α,β-unsaturated/α-hetero) is 2. The van der Waals surface area contributed by atoms with Gasteiger partial charge in [0.05, 0.1) is 10.0 Å². The predicted molar refractivity (Wildman–Crippen MR) is 104 cm³/mol. The van der Waals surface area contributed by atoms with E-state index in [1.165, 1.54) is 6.92 Å². The maximum atomic E-state index is 13.1. The van der Waals surface area contributed by atoms with Gasteiger partial charge in [0.15, 0.2) is 6.10 Å². The Morgan fingerprint density at radius 2 is 2.00 bits per heavy atom. The molecule has 3 rings (SSSR count). The van der Waals surface area contributed by atoms with Crippen LogP contribution in [0.3, 0.4) is 0 Å². The van der Waals surface area contributed by atoms with Crippen molar-refractivity contribution < 1.29 is 24.2 Å². The van der Waals surface area contributed by atoms with Crippen LogP contribution in [0, 0.1) is 24.2 Å². The maximum Gasteiger partial charge on any atom is 0.303 e. The fourth-order valence-electron chi connectivity index (χ4n) is 5.07. The highest BCUT2D eigenvalue weighted by molar-refractivity contribution is 9.10. The number of hydrogen-bond acceptors (Lipinski definition) is 5. The molecule has 0 spiro atoms. The van der Waals surface area contributed by atoms with Gasteiger partial charge in [0.2, 0.25) is 11.6 Å². The Bertz CT molecular complexity index is 843. The molecule has 146 valence electrons. The van der Waals surface area contributed by atoms with E-state index < -0.39 is 29.1 Å². The molecule has 4 atom stereocenters. The summed E-state index contributed by atoms with van der Waals surface area (Å²) < 4.78 is 5.84. The van der Waals surface area contributed by atoms with Gasteiger partial charge >= 0.3 is 5.97 Å². The third-order valence-corrected chi connectivity index (χ3v) is 7.37. The zero-order valence-electron chi connectivity index (χ0n) is 16.3. The minimum absolute atomic E-state index is 0.0518. The molecule has 0 heterocycles. The number of phenols is 1. The molecular formula is C21H25BrO5. The van der Waals surface area contributed by atoms with Crippen LogP contribution in [0.1, 0.15) is 67.9 Å². The van der Waals surface area contributed by atoms with Gasteiger partial charge in [-0.2, -0.15) is 0 Å². The summed E-state index contributed by atoms with van der Waals surface area (Å²) in [6, 6.07) is 1.89. The Labute approximate surface area is 167 Å². The molecular weight excluding hydrogens is 412 g/mol. The van der Waals surface area contributed by atoms with Gasteiger partial charge in [0.1, 0.15) is 5.75 Å². The molecule has 6 heteroatoms. The Kier molecular flexibility index (Phi) is 5.00. The highest BCUT2D eigenvalue weighted by Gasteiger charge is 2.59. The van der Waals surface area contributed by atoms with Gasteiger partial charge in [0, 0.05) is 12.3 Å². The number of rotatable bonds is 2. The normalized spacial score (nSPS) is 30.1. The van der Waals surface area contributed by atoms with Crippen molar-refractivity contribution in [3.63, 3.8) is 0 Å². The van der Waals surface area contributed by atoms with Crippen LogP contribution in [0.5, 0.6) is 5.75 Å². The second kappa shape index (κ2) is 6.73. The molecule has 27 heavy (non-hydrogen) atoms. The van der Waals surface area contributed by atoms with Crippen LogP contribution in [0.2, 0.25) is 0 Å². The molecule has 5 nitrogen and oxygen atoms in total. The average Bonchev–Trinajstić information content (AvgIpc) is 2.91. The summed E-state index contributed by atoms with van der Waals surface area (Å²) in [6.45, 7) is 9.28. The van der Waals surface area contributed by atoms with Gasteiger partial charge in [0.25, 0.3) is 0 Å². The largest absolute Gasteiger partial charge is 0.506 e. The zero-order chi connectivity index (χ0) is 20.3. The van der Waals surface area contributed by atoms with Gasteiger partial charge < -0.3 is 9.84 Å². The number of carbonyl (C=O) groups is 3. The number of aromatic hydroxyl groups is 1. The van der Waals surface area contributed by atoms with Crippen molar-refractivity contribution in [2.24, 2.45) is 17.3 Å². The molecule has 1 aromatic rings. The lowest BCUT2D eigenvalue weighted by Crippen LogP contribution is -2.45. The number of phenolic OH excluding ortho intramolecular Hbond substituents is 1. The lowest BCUT2D eigenvalue weighted by molar-refractivity contribution is -0.159. The average molecular weight is 437 g/mol. The number of ether oxygens (including phenoxy) is 1. The number of halogens is 1. The molecule has 1 fully saturated rings. The first-order valence-electron chi connectivity index (χ1n) is 9.28. The predicted octanol–water partition coefficient (Wildman–Crippen LogP) is 4.32. The number of hydrogen-bond donors (Lipinski definition) is 1. The van der Waals surface area contributed by atoms with Gasteiger partial charge in [-0.3, -0.25) is 14.4 Å². The number of ketones is 2. The van der Waals surface area contributed by atoms with Crippen molar-refractivity contribution in [2.75, 3.05) is 0 Å². The topological polar surface area (TPSA) is 80.7 Å². The zero-order valence-corrected chi connectivity index (χ0v) is 17.8. The van der Waals surface area contributed by atoms with Crippen LogP contribution >= 0.6 is 15.9 Å². The van der Waals surface area contributed by atoms with E-state index in [-0.39, 0.29) is 23.1 Å². The van der Waals surface area contributed by atoms with Crippen molar-refractivity contribution in [3.8, 4) is 5.75 Å². The Morgan fingerprint density at radius 3 is 2.56 bits per heavy atom. The fourth-order valence-corrected chi connectivity index (χ4v) is 5.38. The minimum Gasteiger partial charge on any atom is -0.506 e. The van der Waals surface area contributed by atoms with Crippen LogP contribution < -0.4 is 0 Å². The first-order valence-corrected chi connectivity index (χ1v) is 10.1. The molecule has 1 saturated carbocycles. The van der Waals surface area contributed by atoms with E-state index in [0.29, 0.717) is 22.4 Å². The highest BCUT2D eigenvalue weighted by Crippen LogP contribution is 2.60. The molecule has 2 aliphatic rings. The fraction of sp³-hybridized carbons (Fsp3) is 0.571. The highest BCUT2D eigenvalue weighted by atomic mass is 79.9. The van der Waals surface area contributed by atoms with E-state index in [9.17, 15) is 19.5 Å². The quantitative estimate of drug-likeness (QED) is 0.551. The summed E-state index contributed by atoms with van der Waals surface area (Å²) in [5, 5.41) is 10.7. The van der Waals surface area contributed by atoms with Crippen molar-refractivity contribution >= 4 is 33.5 Å². The van der Waals surface area contributed by atoms with Crippen LogP contribution in [-0.2, 0) is 14.3 Å². The summed E-state index contributed by atoms with van der Waals surface area (Å²) in [5.41, 5.74) is 0.857. The van der Waals surface area contributed by atoms with E-state index in [1.54, 1.807) is 0 Å². The third kappa shape index (κ3) is 2.93. The van der Waals surface area contributed by atoms with E-state index in [1.807, 2.05) is 19.9 Å². The standard InChI is InChI=1S/C21H25BrO5/c1-9(2)12-6-7-21(5)15(12)13-8-10(3)16(22)17(24)14(13)18(25)19(26)20(21)27-11(4)23/h8-9,12,15,20,24H,6-7H2,1-5H3. The number of esters is 1. The second-order valence-corrected chi connectivity index (χ2v) is 9.23. The van der Waals surface area contributed by atoms with E-state index in [0.717, 1.165) is 12.0 Å². The summed E-state index contributed by atoms with van der Waals surface area (Å²) in [4.78, 5) is 37.8. The lowest BCUT2D eigenvalue weighted by Gasteiger charge is -2.38. The Morgan fingerprint density at radius 1 is 1.37 bits per heavy atom. The smallest absolute Gasteiger partial charge is 0.303 e. The summed E-state index contributed by atoms with van der Waals surface area (Å²) in [5.74, 6) is -1.96.